The summed E-state index contributed by atoms with van der Waals surface area (Å²) in [6, 6.07) is 3.89. The minimum atomic E-state index is -0.156. The number of nitrogens with zero attached hydrogens (tertiary/aromatic N) is 1. The molecule has 0 fully saturated rings. The zero-order chi connectivity index (χ0) is 9.26. The van der Waals surface area contributed by atoms with E-state index in [2.05, 4.69) is 10.5 Å². The zero-order valence-electron chi connectivity index (χ0n) is 7.03. The van der Waals surface area contributed by atoms with E-state index in [9.17, 15) is 4.79 Å². The van der Waals surface area contributed by atoms with Crippen LogP contribution in [0.5, 0.6) is 0 Å². The highest BCUT2D eigenvalue weighted by Gasteiger charge is 2.15. The van der Waals surface area contributed by atoms with Crippen LogP contribution in [0.4, 0.5) is 0 Å². The summed E-state index contributed by atoms with van der Waals surface area (Å²) < 4.78 is 0. The largest absolute Gasteiger partial charge is 0.384 e. The molecule has 1 aromatic rings. The summed E-state index contributed by atoms with van der Waals surface area (Å²) in [6.45, 7) is 2.01. The molecule has 0 saturated carbocycles. The number of oxime groups is 1. The molecule has 1 aliphatic rings. The van der Waals surface area contributed by atoms with Crippen LogP contribution in [-0.2, 0) is 9.63 Å². The molecule has 0 spiro atoms. The van der Waals surface area contributed by atoms with Crippen LogP contribution in [0.15, 0.2) is 17.3 Å². The lowest BCUT2D eigenvalue weighted by atomic mass is 10.4. The summed E-state index contributed by atoms with van der Waals surface area (Å²) in [4.78, 5) is 17.8. The van der Waals surface area contributed by atoms with Crippen LogP contribution in [0, 0.1) is 6.92 Å². The predicted molar refractivity (Wildman–Crippen MR) is 49.7 cm³/mol. The van der Waals surface area contributed by atoms with Gasteiger partial charge < -0.3 is 10.2 Å². The van der Waals surface area contributed by atoms with Crippen molar-refractivity contribution in [3.8, 4) is 0 Å². The Morgan fingerprint density at radius 1 is 1.62 bits per heavy atom. The SMILES string of the molecule is Cc1ccc(C2=NOCC(=O)N2)s1. The number of aryl methyl sites for hydroxylation is 1. The van der Waals surface area contributed by atoms with Crippen molar-refractivity contribution in [3.05, 3.63) is 21.9 Å². The van der Waals surface area contributed by atoms with Gasteiger partial charge in [-0.05, 0) is 19.1 Å². The van der Waals surface area contributed by atoms with Crippen LogP contribution in [0.3, 0.4) is 0 Å². The topological polar surface area (TPSA) is 50.7 Å². The normalized spacial score (nSPS) is 16.1. The second-order valence-electron chi connectivity index (χ2n) is 2.67. The van der Waals surface area contributed by atoms with Crippen molar-refractivity contribution in [2.24, 2.45) is 5.16 Å². The maximum absolute atomic E-state index is 10.9. The van der Waals surface area contributed by atoms with Gasteiger partial charge in [-0.2, -0.15) is 0 Å². The monoisotopic (exact) mass is 196 g/mol. The first-order valence-corrected chi connectivity index (χ1v) is 4.64. The van der Waals surface area contributed by atoms with Crippen LogP contribution < -0.4 is 5.32 Å². The number of amidine groups is 1. The maximum Gasteiger partial charge on any atom is 0.266 e. The van der Waals surface area contributed by atoms with Crippen LogP contribution in [0.25, 0.3) is 0 Å². The van der Waals surface area contributed by atoms with Gasteiger partial charge >= 0.3 is 0 Å². The third kappa shape index (κ3) is 1.70. The van der Waals surface area contributed by atoms with Crippen LogP contribution >= 0.6 is 11.3 Å². The van der Waals surface area contributed by atoms with Gasteiger partial charge in [0.15, 0.2) is 12.4 Å². The van der Waals surface area contributed by atoms with Crippen molar-refractivity contribution in [1.29, 1.82) is 0 Å². The summed E-state index contributed by atoms with van der Waals surface area (Å²) in [5.41, 5.74) is 0. The van der Waals surface area contributed by atoms with Gasteiger partial charge in [0.25, 0.3) is 5.91 Å². The van der Waals surface area contributed by atoms with E-state index < -0.39 is 0 Å². The second-order valence-corrected chi connectivity index (χ2v) is 3.96. The Bertz CT molecular complexity index is 370. The van der Waals surface area contributed by atoms with Crippen molar-refractivity contribution in [3.63, 3.8) is 0 Å². The highest BCUT2D eigenvalue weighted by molar-refractivity contribution is 7.14. The number of nitrogens with one attached hydrogen (secondary N) is 1. The Labute approximate surface area is 79.2 Å². The first-order chi connectivity index (χ1) is 6.25. The molecule has 0 atom stereocenters. The molecule has 0 aromatic carbocycles. The van der Waals surface area contributed by atoms with Gasteiger partial charge in [-0.15, -0.1) is 11.3 Å². The average molecular weight is 196 g/mol. The Balaban J connectivity index is 2.26. The highest BCUT2D eigenvalue weighted by Crippen LogP contribution is 2.15. The fraction of sp³-hybridized carbons (Fsp3) is 0.250. The molecule has 0 unspecified atom stereocenters. The molecule has 68 valence electrons. The van der Waals surface area contributed by atoms with Gasteiger partial charge in [0, 0.05) is 4.88 Å². The fourth-order valence-corrected chi connectivity index (χ4v) is 1.82. The number of rotatable bonds is 1. The van der Waals surface area contributed by atoms with E-state index in [-0.39, 0.29) is 12.5 Å². The molecule has 0 aliphatic carbocycles. The third-order valence-electron chi connectivity index (χ3n) is 1.58. The quantitative estimate of drug-likeness (QED) is 0.724. The summed E-state index contributed by atoms with van der Waals surface area (Å²) in [7, 11) is 0. The number of amides is 1. The summed E-state index contributed by atoms with van der Waals surface area (Å²) >= 11 is 1.57. The number of hydrogen-bond acceptors (Lipinski definition) is 4. The van der Waals surface area contributed by atoms with Crippen LogP contribution in [0.1, 0.15) is 9.75 Å². The first-order valence-electron chi connectivity index (χ1n) is 3.82. The molecule has 4 nitrogen and oxygen atoms in total. The number of carbonyl (C=O) groups excluding carboxylic acids is 1. The second kappa shape index (κ2) is 3.18. The minimum absolute atomic E-state index is 0.00780. The molecule has 1 aromatic heterocycles. The van der Waals surface area contributed by atoms with E-state index >= 15 is 0 Å². The highest BCUT2D eigenvalue weighted by atomic mass is 32.1. The number of hydrogen-bond donors (Lipinski definition) is 1. The van der Waals surface area contributed by atoms with Gasteiger partial charge in [-0.3, -0.25) is 4.79 Å². The predicted octanol–water partition coefficient (Wildman–Crippen LogP) is 0.865. The van der Waals surface area contributed by atoms with Gasteiger partial charge in [-0.1, -0.05) is 5.16 Å². The molecule has 0 radical (unpaired) electrons. The first kappa shape index (κ1) is 8.25. The molecule has 1 aliphatic heterocycles. The molecular weight excluding hydrogens is 188 g/mol. The van der Waals surface area contributed by atoms with Crippen LogP contribution in [0.2, 0.25) is 0 Å². The standard InChI is InChI=1S/C8H8N2O2S/c1-5-2-3-6(13-5)8-9-7(11)4-12-10-8/h2-3H,4H2,1H3,(H,9,10,11). The zero-order valence-corrected chi connectivity index (χ0v) is 7.85. The van der Waals surface area contributed by atoms with E-state index in [0.29, 0.717) is 5.84 Å². The van der Waals surface area contributed by atoms with E-state index in [1.54, 1.807) is 11.3 Å². The van der Waals surface area contributed by atoms with Gasteiger partial charge in [0.05, 0.1) is 4.88 Å². The molecular formula is C8H8N2O2S. The molecule has 5 heteroatoms. The van der Waals surface area contributed by atoms with E-state index in [0.717, 1.165) is 4.88 Å². The lowest BCUT2D eigenvalue weighted by Gasteiger charge is -2.10. The molecule has 2 heterocycles. The fourth-order valence-electron chi connectivity index (χ4n) is 1.01. The Morgan fingerprint density at radius 3 is 3.08 bits per heavy atom. The Kier molecular flexibility index (Phi) is 2.02. The smallest absolute Gasteiger partial charge is 0.266 e. The van der Waals surface area contributed by atoms with Gasteiger partial charge in [-0.25, -0.2) is 0 Å². The van der Waals surface area contributed by atoms with Crippen LogP contribution in [-0.4, -0.2) is 18.3 Å². The maximum atomic E-state index is 10.9. The van der Waals surface area contributed by atoms with Crippen molar-refractivity contribution in [2.45, 2.75) is 6.92 Å². The van der Waals surface area contributed by atoms with Crippen molar-refractivity contribution < 1.29 is 9.63 Å². The molecule has 2 rings (SSSR count). The summed E-state index contributed by atoms with van der Waals surface area (Å²) in [6.07, 6.45) is 0. The lowest BCUT2D eigenvalue weighted by Crippen LogP contribution is -2.37. The molecule has 1 amide bonds. The van der Waals surface area contributed by atoms with E-state index in [4.69, 9.17) is 4.84 Å². The summed E-state index contributed by atoms with van der Waals surface area (Å²) in [5.74, 6) is 0.352. The van der Waals surface area contributed by atoms with Gasteiger partial charge in [0.1, 0.15) is 0 Å². The van der Waals surface area contributed by atoms with Crippen molar-refractivity contribution in [1.82, 2.24) is 5.32 Å². The third-order valence-corrected chi connectivity index (χ3v) is 2.59. The van der Waals surface area contributed by atoms with Crippen molar-refractivity contribution >= 4 is 23.1 Å². The van der Waals surface area contributed by atoms with E-state index in [1.807, 2.05) is 19.1 Å². The molecule has 0 bridgehead atoms. The molecule has 1 N–H and O–H groups in total. The molecule has 0 saturated heterocycles. The van der Waals surface area contributed by atoms with Gasteiger partial charge in [0.2, 0.25) is 0 Å². The Hall–Kier alpha value is -1.36. The van der Waals surface area contributed by atoms with E-state index in [1.165, 1.54) is 4.88 Å². The Morgan fingerprint density at radius 2 is 2.46 bits per heavy atom. The molecule has 13 heavy (non-hydrogen) atoms. The number of thiophene rings is 1. The lowest BCUT2D eigenvalue weighted by molar-refractivity contribution is -0.125. The average Bonchev–Trinajstić information content (AvgIpc) is 2.52. The number of carbonyl (C=O) groups is 1. The van der Waals surface area contributed by atoms with Crippen molar-refractivity contribution in [2.75, 3.05) is 6.61 Å². The summed E-state index contributed by atoms with van der Waals surface area (Å²) in [5, 5.41) is 6.40. The minimum Gasteiger partial charge on any atom is -0.384 e.